The first kappa shape index (κ1) is 24.7. The lowest BCUT2D eigenvalue weighted by molar-refractivity contribution is -0.141. The molecule has 182 valence electrons. The quantitative estimate of drug-likeness (QED) is 0.419. The fraction of sp³-hybridized carbons (Fsp3) is 0.355. The molecule has 1 aliphatic rings. The first-order valence-electron chi connectivity index (χ1n) is 12.8. The van der Waals surface area contributed by atoms with Crippen LogP contribution in [0.4, 0.5) is 0 Å². The van der Waals surface area contributed by atoms with Gasteiger partial charge in [-0.1, -0.05) is 103 Å². The molecule has 35 heavy (non-hydrogen) atoms. The SMILES string of the molecule is Cc1ccc(CN(C(=O)CC(c2ccccc2)c2ccccc2)[C@@H](C)C(=O)NC2CCCC2)cc1. The lowest BCUT2D eigenvalue weighted by Crippen LogP contribution is -2.49. The third kappa shape index (κ3) is 6.60. The Morgan fingerprint density at radius 3 is 1.94 bits per heavy atom. The smallest absolute Gasteiger partial charge is 0.242 e. The van der Waals surface area contributed by atoms with Gasteiger partial charge in [0.2, 0.25) is 11.8 Å². The maximum absolute atomic E-state index is 13.9. The van der Waals surface area contributed by atoms with Crippen molar-refractivity contribution >= 4 is 11.8 Å². The van der Waals surface area contributed by atoms with Crippen LogP contribution < -0.4 is 5.32 Å². The monoisotopic (exact) mass is 468 g/mol. The molecule has 0 bridgehead atoms. The van der Waals surface area contributed by atoms with E-state index in [0.717, 1.165) is 42.4 Å². The number of nitrogens with one attached hydrogen (secondary N) is 1. The highest BCUT2D eigenvalue weighted by Crippen LogP contribution is 2.29. The van der Waals surface area contributed by atoms with Crippen LogP contribution in [0.3, 0.4) is 0 Å². The molecule has 0 aliphatic heterocycles. The number of benzene rings is 3. The van der Waals surface area contributed by atoms with Crippen LogP contribution in [-0.2, 0) is 16.1 Å². The Labute approximate surface area is 209 Å². The summed E-state index contributed by atoms with van der Waals surface area (Å²) in [6, 6.07) is 28.2. The van der Waals surface area contributed by atoms with E-state index in [1.165, 1.54) is 5.56 Å². The Balaban J connectivity index is 1.59. The third-order valence-electron chi connectivity index (χ3n) is 7.13. The van der Waals surface area contributed by atoms with Crippen LogP contribution in [0, 0.1) is 6.92 Å². The second-order valence-electron chi connectivity index (χ2n) is 9.75. The molecular weight excluding hydrogens is 432 g/mol. The van der Waals surface area contributed by atoms with Gasteiger partial charge in [-0.05, 0) is 43.4 Å². The molecule has 4 nitrogen and oxygen atoms in total. The molecule has 2 amide bonds. The molecule has 0 aromatic heterocycles. The van der Waals surface area contributed by atoms with Gasteiger partial charge >= 0.3 is 0 Å². The summed E-state index contributed by atoms with van der Waals surface area (Å²) in [7, 11) is 0. The molecule has 1 atom stereocenters. The molecule has 0 spiro atoms. The van der Waals surface area contributed by atoms with E-state index in [4.69, 9.17) is 0 Å². The van der Waals surface area contributed by atoms with Crippen molar-refractivity contribution in [3.8, 4) is 0 Å². The summed E-state index contributed by atoms with van der Waals surface area (Å²) >= 11 is 0. The molecule has 0 radical (unpaired) electrons. The highest BCUT2D eigenvalue weighted by atomic mass is 16.2. The Bertz CT molecular complexity index is 1050. The molecule has 0 unspecified atom stereocenters. The van der Waals surface area contributed by atoms with Gasteiger partial charge in [-0.2, -0.15) is 0 Å². The van der Waals surface area contributed by atoms with E-state index in [9.17, 15) is 9.59 Å². The van der Waals surface area contributed by atoms with Gasteiger partial charge in [0.15, 0.2) is 0 Å². The highest BCUT2D eigenvalue weighted by molar-refractivity contribution is 5.88. The number of rotatable bonds is 9. The first-order chi connectivity index (χ1) is 17.0. The van der Waals surface area contributed by atoms with E-state index in [-0.39, 0.29) is 23.8 Å². The molecule has 3 aromatic carbocycles. The van der Waals surface area contributed by atoms with Crippen molar-refractivity contribution < 1.29 is 9.59 Å². The van der Waals surface area contributed by atoms with Gasteiger partial charge in [-0.15, -0.1) is 0 Å². The summed E-state index contributed by atoms with van der Waals surface area (Å²) < 4.78 is 0. The number of nitrogens with zero attached hydrogens (tertiary/aromatic N) is 1. The number of aryl methyl sites for hydroxylation is 1. The van der Waals surface area contributed by atoms with E-state index in [2.05, 4.69) is 48.6 Å². The summed E-state index contributed by atoms with van der Waals surface area (Å²) in [5.74, 6) is -0.152. The van der Waals surface area contributed by atoms with Crippen LogP contribution in [0.5, 0.6) is 0 Å². The van der Waals surface area contributed by atoms with E-state index < -0.39 is 6.04 Å². The predicted molar refractivity (Wildman–Crippen MR) is 141 cm³/mol. The molecule has 0 heterocycles. The van der Waals surface area contributed by atoms with Crippen LogP contribution in [0.2, 0.25) is 0 Å². The second-order valence-corrected chi connectivity index (χ2v) is 9.75. The van der Waals surface area contributed by atoms with Crippen molar-refractivity contribution in [3.63, 3.8) is 0 Å². The summed E-state index contributed by atoms with van der Waals surface area (Å²) in [6.07, 6.45) is 4.66. The average Bonchev–Trinajstić information content (AvgIpc) is 3.40. The largest absolute Gasteiger partial charge is 0.352 e. The maximum Gasteiger partial charge on any atom is 0.242 e. The van der Waals surface area contributed by atoms with E-state index >= 15 is 0 Å². The fourth-order valence-corrected chi connectivity index (χ4v) is 4.96. The van der Waals surface area contributed by atoms with Gasteiger partial charge in [-0.3, -0.25) is 9.59 Å². The minimum Gasteiger partial charge on any atom is -0.352 e. The molecular formula is C31H36N2O2. The van der Waals surface area contributed by atoms with Gasteiger partial charge in [0, 0.05) is 24.9 Å². The number of amides is 2. The number of carbonyl (C=O) groups excluding carboxylic acids is 2. The molecule has 4 heteroatoms. The molecule has 0 saturated heterocycles. The van der Waals surface area contributed by atoms with Crippen LogP contribution in [0.1, 0.15) is 67.2 Å². The highest BCUT2D eigenvalue weighted by Gasteiger charge is 2.30. The average molecular weight is 469 g/mol. The van der Waals surface area contributed by atoms with Gasteiger partial charge in [-0.25, -0.2) is 0 Å². The first-order valence-corrected chi connectivity index (χ1v) is 12.8. The summed E-state index contributed by atoms with van der Waals surface area (Å²) in [5.41, 5.74) is 4.41. The van der Waals surface area contributed by atoms with Crippen molar-refractivity contribution in [1.29, 1.82) is 0 Å². The van der Waals surface area contributed by atoms with Crippen LogP contribution in [-0.4, -0.2) is 28.8 Å². The zero-order chi connectivity index (χ0) is 24.6. The molecule has 1 fully saturated rings. The van der Waals surface area contributed by atoms with Crippen LogP contribution >= 0.6 is 0 Å². The lowest BCUT2D eigenvalue weighted by atomic mass is 9.88. The standard InChI is InChI=1S/C31H36N2O2/c1-23-17-19-25(20-18-23)22-33(24(2)31(35)32-28-15-9-10-16-28)30(34)21-29(26-11-5-3-6-12-26)27-13-7-4-8-14-27/h3-8,11-14,17-20,24,28-29H,9-10,15-16,21-22H2,1-2H3,(H,32,35)/t24-/m0/s1. The van der Waals surface area contributed by atoms with Crippen molar-refractivity contribution in [2.24, 2.45) is 0 Å². The van der Waals surface area contributed by atoms with Crippen LogP contribution in [0.25, 0.3) is 0 Å². The second kappa shape index (κ2) is 11.8. The normalized spacial score (nSPS) is 14.6. The van der Waals surface area contributed by atoms with Crippen LogP contribution in [0.15, 0.2) is 84.9 Å². The topological polar surface area (TPSA) is 49.4 Å². The van der Waals surface area contributed by atoms with Crippen molar-refractivity contribution in [2.45, 2.75) is 70.5 Å². The Morgan fingerprint density at radius 2 is 1.40 bits per heavy atom. The Kier molecular flexibility index (Phi) is 8.36. The van der Waals surface area contributed by atoms with Crippen molar-refractivity contribution in [1.82, 2.24) is 10.2 Å². The summed E-state index contributed by atoms with van der Waals surface area (Å²) in [5, 5.41) is 3.19. The van der Waals surface area contributed by atoms with Crippen molar-refractivity contribution in [3.05, 3.63) is 107 Å². The molecule has 1 aliphatic carbocycles. The molecule has 3 aromatic rings. The Hall–Kier alpha value is -3.40. The third-order valence-corrected chi connectivity index (χ3v) is 7.13. The molecule has 1 N–H and O–H groups in total. The van der Waals surface area contributed by atoms with Gasteiger partial charge in [0.25, 0.3) is 0 Å². The Morgan fingerprint density at radius 1 is 0.857 bits per heavy atom. The number of carbonyl (C=O) groups is 2. The van der Waals surface area contributed by atoms with Gasteiger partial charge in [0.05, 0.1) is 0 Å². The predicted octanol–water partition coefficient (Wildman–Crippen LogP) is 5.99. The maximum atomic E-state index is 13.9. The summed E-state index contributed by atoms with van der Waals surface area (Å²) in [6.45, 7) is 4.32. The number of hydrogen-bond acceptors (Lipinski definition) is 2. The summed E-state index contributed by atoms with van der Waals surface area (Å²) in [4.78, 5) is 28.9. The van der Waals surface area contributed by atoms with Gasteiger partial charge < -0.3 is 10.2 Å². The molecule has 4 rings (SSSR count). The number of hydrogen-bond donors (Lipinski definition) is 1. The van der Waals surface area contributed by atoms with E-state index in [1.54, 1.807) is 4.90 Å². The zero-order valence-electron chi connectivity index (χ0n) is 20.8. The van der Waals surface area contributed by atoms with E-state index in [0.29, 0.717) is 13.0 Å². The minimum absolute atomic E-state index is 0.0163. The zero-order valence-corrected chi connectivity index (χ0v) is 20.8. The minimum atomic E-state index is -0.545. The van der Waals surface area contributed by atoms with Crippen molar-refractivity contribution in [2.75, 3.05) is 0 Å². The van der Waals surface area contributed by atoms with Gasteiger partial charge in [0.1, 0.15) is 6.04 Å². The molecule has 1 saturated carbocycles. The fourth-order valence-electron chi connectivity index (χ4n) is 4.96. The lowest BCUT2D eigenvalue weighted by Gasteiger charge is -2.31. The van der Waals surface area contributed by atoms with E-state index in [1.807, 2.05) is 55.5 Å².